The monoisotopic (exact) mass is 734 g/mol. The van der Waals surface area contributed by atoms with E-state index in [0.717, 1.165) is 49.4 Å². The van der Waals surface area contributed by atoms with Gasteiger partial charge in [-0.3, -0.25) is 4.57 Å². The number of hydrogen-bond acceptors (Lipinski definition) is 5. The van der Waals surface area contributed by atoms with Gasteiger partial charge in [0.15, 0.2) is 11.6 Å². The summed E-state index contributed by atoms with van der Waals surface area (Å²) < 4.78 is 14.7. The van der Waals surface area contributed by atoms with Gasteiger partial charge in [-0.2, -0.15) is 9.97 Å². The van der Waals surface area contributed by atoms with Gasteiger partial charge < -0.3 is 8.83 Å². The maximum absolute atomic E-state index is 6.76. The minimum Gasteiger partial charge on any atom is -0.455 e. The van der Waals surface area contributed by atoms with Crippen LogP contribution in [-0.2, 0) is 0 Å². The highest BCUT2D eigenvalue weighted by Crippen LogP contribution is 2.41. The molecule has 0 atom stereocenters. The molecule has 0 aliphatic carbocycles. The molecule has 0 saturated carbocycles. The Morgan fingerprint density at radius 2 is 0.881 bits per heavy atom. The maximum atomic E-state index is 6.76. The normalized spacial score (nSPS) is 11.9. The smallest absolute Gasteiger partial charge is 0.238 e. The standard InChI is InChI=1S/C45H18B8N4O2/c46-31-29-30-32(47)34(49)36(51)38(53)40(30)57(39(29)37(52)35(50)33(31)48)45-55-43(19-8-2-1-3-9-19)54-44(56-45)20-16-17-28-26(18-20)25-14-7-13-24(42(25)59-28)23-12-6-11-22-21-10-4-5-15-27(21)58-41(22)23/h1-18H. The van der Waals surface area contributed by atoms with E-state index < -0.39 is 0 Å². The van der Waals surface area contributed by atoms with Gasteiger partial charge in [-0.15, -0.1) is 21.9 Å². The lowest BCUT2D eigenvalue weighted by molar-refractivity contribution is 0.665. The predicted molar refractivity (Wildman–Crippen MR) is 248 cm³/mol. The molecule has 11 rings (SSSR count). The van der Waals surface area contributed by atoms with Crippen molar-refractivity contribution in [3.63, 3.8) is 0 Å². The first kappa shape index (κ1) is 35.6. The SMILES string of the molecule is [B]c1c([B])c([B])c2c(c1[B])c1c([B])c([B])c([B])c([B])c1n2-c1nc(-c2ccccc2)nc(-c2ccc3oc4c(-c5cccc6c5oc5ccccc56)cccc4c3c2)n1. The van der Waals surface area contributed by atoms with E-state index in [9.17, 15) is 0 Å². The first-order valence-electron chi connectivity index (χ1n) is 18.6. The molecular weight excluding hydrogens is 715 g/mol. The minimum atomic E-state index is 0.0721. The summed E-state index contributed by atoms with van der Waals surface area (Å²) in [7, 11) is 52.5. The number of rotatable bonds is 4. The van der Waals surface area contributed by atoms with Crippen molar-refractivity contribution >= 4 is 172 Å². The summed E-state index contributed by atoms with van der Waals surface area (Å²) in [6.45, 7) is 0. The average Bonchev–Trinajstić information content (AvgIpc) is 3.96. The second-order valence-electron chi connectivity index (χ2n) is 14.5. The van der Waals surface area contributed by atoms with Gasteiger partial charge in [0.2, 0.25) is 5.95 Å². The van der Waals surface area contributed by atoms with Crippen LogP contribution in [-0.4, -0.2) is 82.3 Å². The Bertz CT molecular complexity index is 3540. The molecule has 254 valence electrons. The molecule has 0 aliphatic heterocycles. The molecule has 7 aromatic carbocycles. The second-order valence-corrected chi connectivity index (χ2v) is 14.5. The summed E-state index contributed by atoms with van der Waals surface area (Å²) in [6, 6.07) is 35.6. The third-order valence-corrected chi connectivity index (χ3v) is 11.3. The molecule has 0 spiro atoms. The predicted octanol–water partition coefficient (Wildman–Crippen LogP) is 2.12. The molecule has 0 N–H and O–H groups in total. The number of hydrogen-bond donors (Lipinski definition) is 0. The van der Waals surface area contributed by atoms with Crippen molar-refractivity contribution in [1.82, 2.24) is 19.5 Å². The minimum absolute atomic E-state index is 0.0721. The second kappa shape index (κ2) is 13.0. The summed E-state index contributed by atoms with van der Waals surface area (Å²) in [5.41, 5.74) is 7.70. The molecule has 6 nitrogen and oxygen atoms in total. The van der Waals surface area contributed by atoms with Gasteiger partial charge in [-0.25, -0.2) is 4.98 Å². The van der Waals surface area contributed by atoms with Gasteiger partial charge in [-0.05, 0) is 35.0 Å². The van der Waals surface area contributed by atoms with Gasteiger partial charge >= 0.3 is 0 Å². The summed E-state index contributed by atoms with van der Waals surface area (Å²) in [5.74, 6) is 0.842. The number of benzene rings is 7. The Kier molecular flexibility index (Phi) is 7.84. The number of para-hydroxylation sites is 3. The Balaban J connectivity index is 1.17. The average molecular weight is 733 g/mol. The molecule has 0 unspecified atom stereocenters. The van der Waals surface area contributed by atoms with Crippen LogP contribution in [0.4, 0.5) is 0 Å². The molecule has 59 heavy (non-hydrogen) atoms. The first-order chi connectivity index (χ1) is 28.6. The number of aromatic nitrogens is 4. The fourth-order valence-electron chi connectivity index (χ4n) is 8.33. The third kappa shape index (κ3) is 5.08. The van der Waals surface area contributed by atoms with E-state index in [2.05, 4.69) is 18.2 Å². The summed E-state index contributed by atoms with van der Waals surface area (Å²) >= 11 is 0. The van der Waals surface area contributed by atoms with Crippen molar-refractivity contribution in [1.29, 1.82) is 0 Å². The van der Waals surface area contributed by atoms with Gasteiger partial charge in [0.1, 0.15) is 85.1 Å². The van der Waals surface area contributed by atoms with Crippen LogP contribution in [0.1, 0.15) is 0 Å². The summed E-state index contributed by atoms with van der Waals surface area (Å²) in [5, 5.41) is 4.60. The van der Waals surface area contributed by atoms with E-state index >= 15 is 0 Å². The van der Waals surface area contributed by atoms with Crippen molar-refractivity contribution in [2.24, 2.45) is 0 Å². The molecule has 4 aromatic heterocycles. The molecule has 0 saturated heterocycles. The van der Waals surface area contributed by atoms with Crippen LogP contribution in [0.15, 0.2) is 118 Å². The van der Waals surface area contributed by atoms with E-state index in [1.165, 1.54) is 0 Å². The lowest BCUT2D eigenvalue weighted by Crippen LogP contribution is -2.49. The Morgan fingerprint density at radius 1 is 0.390 bits per heavy atom. The highest BCUT2D eigenvalue weighted by Gasteiger charge is 2.25. The van der Waals surface area contributed by atoms with Crippen LogP contribution in [0, 0.1) is 0 Å². The molecule has 0 amide bonds. The molecular formula is C45H18B8N4O2. The molecule has 16 radical (unpaired) electrons. The van der Waals surface area contributed by atoms with Crippen molar-refractivity contribution in [2.45, 2.75) is 0 Å². The number of nitrogens with zero attached hydrogens (tertiary/aromatic N) is 4. The Labute approximate surface area is 348 Å². The van der Waals surface area contributed by atoms with Crippen molar-refractivity contribution in [3.8, 4) is 39.9 Å². The molecule has 11 aromatic rings. The van der Waals surface area contributed by atoms with E-state index in [4.69, 9.17) is 86.6 Å². The lowest BCUT2D eigenvalue weighted by atomic mass is 9.63. The molecule has 0 bridgehead atoms. The Hall–Kier alpha value is -6.53. The Morgan fingerprint density at radius 3 is 1.49 bits per heavy atom. The fraction of sp³-hybridized carbons (Fsp3) is 0. The zero-order valence-corrected chi connectivity index (χ0v) is 31.1. The largest absolute Gasteiger partial charge is 0.455 e. The number of furan rings is 2. The first-order valence-corrected chi connectivity index (χ1v) is 18.6. The van der Waals surface area contributed by atoms with Crippen LogP contribution < -0.4 is 43.7 Å². The van der Waals surface area contributed by atoms with Crippen LogP contribution in [0.3, 0.4) is 0 Å². The molecule has 14 heteroatoms. The van der Waals surface area contributed by atoms with Crippen molar-refractivity contribution < 1.29 is 8.83 Å². The van der Waals surface area contributed by atoms with Gasteiger partial charge in [0, 0.05) is 54.8 Å². The van der Waals surface area contributed by atoms with E-state index in [1.807, 2.05) is 91.0 Å². The zero-order valence-electron chi connectivity index (χ0n) is 31.1. The highest BCUT2D eigenvalue weighted by atomic mass is 16.3. The van der Waals surface area contributed by atoms with Crippen molar-refractivity contribution in [2.75, 3.05) is 0 Å². The van der Waals surface area contributed by atoms with E-state index in [0.29, 0.717) is 50.2 Å². The van der Waals surface area contributed by atoms with E-state index in [1.54, 1.807) is 4.57 Å². The van der Waals surface area contributed by atoms with Crippen LogP contribution >= 0.6 is 0 Å². The molecule has 0 fully saturated rings. The zero-order chi connectivity index (χ0) is 40.4. The van der Waals surface area contributed by atoms with E-state index in [-0.39, 0.29) is 49.7 Å². The highest BCUT2D eigenvalue weighted by molar-refractivity contribution is 6.71. The quantitative estimate of drug-likeness (QED) is 0.260. The summed E-state index contributed by atoms with van der Waals surface area (Å²) in [6.07, 6.45) is 0. The van der Waals surface area contributed by atoms with Crippen LogP contribution in [0.5, 0.6) is 0 Å². The fourth-order valence-corrected chi connectivity index (χ4v) is 8.33. The van der Waals surface area contributed by atoms with Crippen LogP contribution in [0.2, 0.25) is 0 Å². The summed E-state index contributed by atoms with van der Waals surface area (Å²) in [4.78, 5) is 15.1. The molecule has 0 aliphatic rings. The third-order valence-electron chi connectivity index (χ3n) is 11.3. The molecule has 4 heterocycles. The lowest BCUT2D eigenvalue weighted by Gasteiger charge is -2.17. The van der Waals surface area contributed by atoms with Crippen molar-refractivity contribution in [3.05, 3.63) is 109 Å². The van der Waals surface area contributed by atoms with Crippen LogP contribution in [0.25, 0.3) is 106 Å². The van der Waals surface area contributed by atoms with Gasteiger partial charge in [0.05, 0.1) is 0 Å². The topological polar surface area (TPSA) is 69.9 Å². The van der Waals surface area contributed by atoms with Gasteiger partial charge in [0.25, 0.3) is 0 Å². The van der Waals surface area contributed by atoms with Gasteiger partial charge in [-0.1, -0.05) is 107 Å². The maximum Gasteiger partial charge on any atom is 0.238 e. The number of fused-ring (bicyclic) bond motifs is 9.